The van der Waals surface area contributed by atoms with Crippen LogP contribution in [0.4, 0.5) is 0 Å². The summed E-state index contributed by atoms with van der Waals surface area (Å²) in [5, 5.41) is 10.6. The fraction of sp³-hybridized carbons (Fsp3) is 0.807. The molecule has 0 aromatic rings. The molecular formula is C83H150O17P2. The molecule has 0 aromatic heterocycles. The number of hydrogen-bond acceptors (Lipinski definition) is 15. The van der Waals surface area contributed by atoms with E-state index >= 15 is 0 Å². The minimum absolute atomic E-state index is 0.0809. The Balaban J connectivity index is 5.36. The first-order valence-corrected chi connectivity index (χ1v) is 44.2. The fourth-order valence-electron chi connectivity index (χ4n) is 11.3. The zero-order valence-electron chi connectivity index (χ0n) is 65.0. The van der Waals surface area contributed by atoms with Crippen LogP contribution in [0.25, 0.3) is 0 Å². The number of phosphoric ester groups is 2. The summed E-state index contributed by atoms with van der Waals surface area (Å²) in [6, 6.07) is 0. The summed E-state index contributed by atoms with van der Waals surface area (Å²) in [4.78, 5) is 73.1. The van der Waals surface area contributed by atoms with E-state index < -0.39 is 97.5 Å². The van der Waals surface area contributed by atoms with Gasteiger partial charge in [-0.3, -0.25) is 37.3 Å². The Hall–Kier alpha value is -3.50. The normalized spacial score (nSPS) is 14.2. The molecule has 0 radical (unpaired) electrons. The van der Waals surface area contributed by atoms with Gasteiger partial charge in [0.25, 0.3) is 0 Å². The first kappa shape index (κ1) is 98.5. The maximum atomic E-state index is 13.1. The van der Waals surface area contributed by atoms with E-state index in [0.717, 1.165) is 173 Å². The molecular weight excluding hydrogens is 1330 g/mol. The van der Waals surface area contributed by atoms with E-state index in [9.17, 15) is 43.2 Å². The molecule has 5 unspecified atom stereocenters. The highest BCUT2D eigenvalue weighted by molar-refractivity contribution is 7.47. The minimum atomic E-state index is -4.98. The summed E-state index contributed by atoms with van der Waals surface area (Å²) >= 11 is 0. The average molecular weight is 1480 g/mol. The summed E-state index contributed by atoms with van der Waals surface area (Å²) in [7, 11) is -9.96. The zero-order chi connectivity index (χ0) is 74.6. The summed E-state index contributed by atoms with van der Waals surface area (Å²) in [5.41, 5.74) is 0. The van der Waals surface area contributed by atoms with Crippen LogP contribution >= 0.6 is 15.6 Å². The van der Waals surface area contributed by atoms with Gasteiger partial charge in [0.05, 0.1) is 26.4 Å². The van der Waals surface area contributed by atoms with E-state index in [1.165, 1.54) is 122 Å². The van der Waals surface area contributed by atoms with Gasteiger partial charge in [0.15, 0.2) is 12.2 Å². The Labute approximate surface area is 622 Å². The lowest BCUT2D eigenvalue weighted by atomic mass is 10.1. The molecule has 0 saturated carbocycles. The molecule has 5 atom stereocenters. The number of aliphatic hydroxyl groups excluding tert-OH is 1. The van der Waals surface area contributed by atoms with Crippen molar-refractivity contribution in [2.75, 3.05) is 39.6 Å². The van der Waals surface area contributed by atoms with Crippen LogP contribution in [0.5, 0.6) is 0 Å². The second kappa shape index (κ2) is 75.7. The van der Waals surface area contributed by atoms with Gasteiger partial charge in [0.2, 0.25) is 0 Å². The SMILES string of the molecule is CCCCCC=CCC=CCCCCCCCC(=O)OCC(COP(=O)(O)OCC(O)COP(=O)(O)OCC(COC(=O)CCCCCCCCCC=CCCCCCCCC)OC(=O)CCCCCCCC=CCC=CCCCCC)OC(=O)CCCCCCCCCC=CCCCCCC. The monoisotopic (exact) mass is 1480 g/mol. The maximum Gasteiger partial charge on any atom is 0.472 e. The molecule has 0 saturated heterocycles. The van der Waals surface area contributed by atoms with E-state index in [2.05, 4.69) is 101 Å². The number of esters is 4. The lowest BCUT2D eigenvalue weighted by Crippen LogP contribution is -2.30. The predicted molar refractivity (Wildman–Crippen MR) is 418 cm³/mol. The third-order valence-corrected chi connectivity index (χ3v) is 19.5. The maximum absolute atomic E-state index is 13.1. The number of phosphoric acid groups is 2. The van der Waals surface area contributed by atoms with Gasteiger partial charge < -0.3 is 33.8 Å². The molecule has 0 aliphatic carbocycles. The van der Waals surface area contributed by atoms with Crippen molar-refractivity contribution in [1.29, 1.82) is 0 Å². The molecule has 17 nitrogen and oxygen atoms in total. The molecule has 0 heterocycles. The fourth-order valence-corrected chi connectivity index (χ4v) is 12.9. The van der Waals surface area contributed by atoms with Gasteiger partial charge in [-0.15, -0.1) is 0 Å². The number of unbranched alkanes of at least 4 members (excludes halogenated alkanes) is 40. The number of allylic oxidation sites excluding steroid dienone is 12. The third kappa shape index (κ3) is 74.8. The Bertz CT molecular complexity index is 2210. The van der Waals surface area contributed by atoms with Gasteiger partial charge >= 0.3 is 39.5 Å². The molecule has 594 valence electrons. The Morgan fingerprint density at radius 2 is 0.480 bits per heavy atom. The average Bonchev–Trinajstić information content (AvgIpc) is 0.926. The Kier molecular flexibility index (Phi) is 73.1. The first-order valence-electron chi connectivity index (χ1n) is 41.2. The molecule has 19 heteroatoms. The smallest absolute Gasteiger partial charge is 0.462 e. The predicted octanol–water partition coefficient (Wildman–Crippen LogP) is 24.0. The van der Waals surface area contributed by atoms with E-state index in [-0.39, 0.29) is 25.7 Å². The number of carbonyl (C=O) groups excluding carboxylic acids is 4. The van der Waals surface area contributed by atoms with Crippen molar-refractivity contribution < 1.29 is 80.2 Å². The molecule has 0 aliphatic heterocycles. The molecule has 0 aliphatic rings. The molecule has 3 N–H and O–H groups in total. The van der Waals surface area contributed by atoms with Crippen molar-refractivity contribution in [3.05, 3.63) is 72.9 Å². The molecule has 0 spiro atoms. The van der Waals surface area contributed by atoms with Crippen molar-refractivity contribution in [1.82, 2.24) is 0 Å². The molecule has 0 fully saturated rings. The summed E-state index contributed by atoms with van der Waals surface area (Å²) in [5.74, 6) is -2.19. The van der Waals surface area contributed by atoms with Crippen molar-refractivity contribution in [3.63, 3.8) is 0 Å². The lowest BCUT2D eigenvalue weighted by molar-refractivity contribution is -0.161. The Morgan fingerprint density at radius 1 is 0.275 bits per heavy atom. The number of hydrogen-bond donors (Lipinski definition) is 3. The topological polar surface area (TPSA) is 237 Å². The summed E-state index contributed by atoms with van der Waals surface area (Å²) < 4.78 is 68.7. The summed E-state index contributed by atoms with van der Waals surface area (Å²) in [6.45, 7) is 4.83. The quantitative estimate of drug-likeness (QED) is 0.0169. The van der Waals surface area contributed by atoms with Gasteiger partial charge in [-0.05, 0) is 141 Å². The highest BCUT2D eigenvalue weighted by Crippen LogP contribution is 2.45. The van der Waals surface area contributed by atoms with Crippen molar-refractivity contribution >= 4 is 39.5 Å². The lowest BCUT2D eigenvalue weighted by Gasteiger charge is -2.21. The number of aliphatic hydroxyl groups is 1. The van der Waals surface area contributed by atoms with Crippen molar-refractivity contribution in [3.8, 4) is 0 Å². The van der Waals surface area contributed by atoms with Crippen LogP contribution in [0.2, 0.25) is 0 Å². The van der Waals surface area contributed by atoms with Crippen LogP contribution in [-0.4, -0.2) is 96.7 Å². The van der Waals surface area contributed by atoms with Gasteiger partial charge in [0.1, 0.15) is 19.3 Å². The standard InChI is InChI=1S/C83H150O17P2/c1-5-9-13-17-21-25-29-33-37-38-42-44-48-52-56-60-64-68-81(86)94-74-79(100-83(88)70-66-62-58-54-50-46-41-36-32-28-24-20-16-12-8-4)76-98-102(91,92)96-72-77(84)71-95-101(89,90)97-75-78(99-82(87)69-65-61-57-53-49-45-40-35-31-27-23-19-15-11-7-3)73-93-80(85)67-63-59-55-51-47-43-39-34-30-26-22-18-14-10-6-2/h22,24,26-28,31,33-34,36-37,39,41,77-79,84H,5-21,23,25,29-30,32,35,38,40,42-76H2,1-4H3,(H,89,90)(H,91,92). The van der Waals surface area contributed by atoms with E-state index in [1.807, 2.05) is 0 Å². The Morgan fingerprint density at radius 3 is 0.765 bits per heavy atom. The molecule has 0 aromatic carbocycles. The minimum Gasteiger partial charge on any atom is -0.462 e. The number of ether oxygens (including phenoxy) is 4. The molecule has 0 rings (SSSR count). The number of rotatable bonds is 78. The second-order valence-electron chi connectivity index (χ2n) is 27.7. The summed E-state index contributed by atoms with van der Waals surface area (Å²) in [6.07, 6.45) is 77.2. The highest BCUT2D eigenvalue weighted by Gasteiger charge is 2.30. The zero-order valence-corrected chi connectivity index (χ0v) is 66.8. The highest BCUT2D eigenvalue weighted by atomic mass is 31.2. The van der Waals surface area contributed by atoms with Crippen molar-refractivity contribution in [2.45, 2.75) is 393 Å². The van der Waals surface area contributed by atoms with E-state index in [0.29, 0.717) is 25.7 Å². The molecule has 0 amide bonds. The van der Waals surface area contributed by atoms with E-state index in [4.69, 9.17) is 37.0 Å². The van der Waals surface area contributed by atoms with Gasteiger partial charge in [-0.2, -0.15) is 0 Å². The van der Waals surface area contributed by atoms with Crippen LogP contribution in [-0.2, 0) is 65.4 Å². The largest absolute Gasteiger partial charge is 0.472 e. The van der Waals surface area contributed by atoms with Crippen LogP contribution in [0.3, 0.4) is 0 Å². The third-order valence-electron chi connectivity index (χ3n) is 17.6. The second-order valence-corrected chi connectivity index (χ2v) is 30.6. The van der Waals surface area contributed by atoms with Gasteiger partial charge in [-0.25, -0.2) is 9.13 Å². The number of carbonyl (C=O) groups is 4. The van der Waals surface area contributed by atoms with E-state index in [1.54, 1.807) is 0 Å². The van der Waals surface area contributed by atoms with Crippen LogP contribution in [0.1, 0.15) is 374 Å². The van der Waals surface area contributed by atoms with Crippen LogP contribution in [0, 0.1) is 0 Å². The molecule has 102 heavy (non-hydrogen) atoms. The van der Waals surface area contributed by atoms with Gasteiger partial charge in [-0.1, -0.05) is 280 Å². The van der Waals surface area contributed by atoms with Crippen LogP contribution in [0.15, 0.2) is 72.9 Å². The first-order chi connectivity index (χ1) is 49.7. The molecule has 0 bridgehead atoms. The van der Waals surface area contributed by atoms with Gasteiger partial charge in [0, 0.05) is 25.7 Å². The van der Waals surface area contributed by atoms with Crippen molar-refractivity contribution in [2.24, 2.45) is 0 Å². The van der Waals surface area contributed by atoms with Crippen LogP contribution < -0.4 is 0 Å².